The number of hydrogen-bond donors (Lipinski definition) is 1. The summed E-state index contributed by atoms with van der Waals surface area (Å²) in [5, 5.41) is 1.87. The average Bonchev–Trinajstić information content (AvgIpc) is 3.46. The van der Waals surface area contributed by atoms with Crippen molar-refractivity contribution in [1.82, 2.24) is 15.3 Å². The molecule has 2 aromatic rings. The number of aromatic nitrogens is 2. The molecule has 8 heteroatoms. The third kappa shape index (κ3) is 4.27. The molecule has 1 aliphatic rings. The van der Waals surface area contributed by atoms with Crippen LogP contribution in [-0.2, 0) is 16.6 Å². The fourth-order valence-electron chi connectivity index (χ4n) is 3.01. The molecule has 3 rings (SSSR count). The predicted molar refractivity (Wildman–Crippen MR) is 93.0 cm³/mol. The quantitative estimate of drug-likeness (QED) is 0.716. The van der Waals surface area contributed by atoms with Crippen molar-refractivity contribution in [2.75, 3.05) is 13.7 Å². The van der Waals surface area contributed by atoms with Crippen LogP contribution in [0.5, 0.6) is 5.75 Å². The van der Waals surface area contributed by atoms with Gasteiger partial charge >= 0.3 is 6.43 Å². The molecule has 142 valence electrons. The number of amides is 1. The van der Waals surface area contributed by atoms with Gasteiger partial charge in [0.2, 0.25) is 0 Å². The minimum absolute atomic E-state index is 0.0661. The van der Waals surface area contributed by atoms with Crippen LogP contribution in [0.25, 0.3) is 0 Å². The molecular formula is C19H19F2N3O3. The fraction of sp³-hybridized carbons (Fsp3) is 0.368. The Kier molecular flexibility index (Phi) is 5.43. The number of nitrogens with one attached hydrogen (secondary N) is 1. The molecular weight excluding hydrogens is 356 g/mol. The number of benzene rings is 1. The van der Waals surface area contributed by atoms with Gasteiger partial charge in [0.15, 0.2) is 5.78 Å². The summed E-state index contributed by atoms with van der Waals surface area (Å²) in [7, 11) is 1.64. The van der Waals surface area contributed by atoms with Crippen LogP contribution >= 0.6 is 0 Å². The Hall–Kier alpha value is -2.90. The first kappa shape index (κ1) is 18.9. The zero-order valence-electron chi connectivity index (χ0n) is 14.7. The van der Waals surface area contributed by atoms with Crippen LogP contribution in [-0.4, -0.2) is 41.7 Å². The largest absolute Gasteiger partial charge is 0.496 e. The van der Waals surface area contributed by atoms with Crippen molar-refractivity contribution < 1.29 is 23.1 Å². The number of alkyl halides is 2. The standard InChI is InChI=1S/C19H19F2N3O3/c1-27-15-5-3-2-4-13(15)19(6-7-19)8-16-22-9-12(10-23-16)14(25)11-24-18(26)17(20)21/h2-5,9-10,17H,6-8,11H2,1H3,(H,24,26). The molecule has 1 aromatic carbocycles. The summed E-state index contributed by atoms with van der Waals surface area (Å²) in [5.74, 6) is -0.585. The summed E-state index contributed by atoms with van der Waals surface area (Å²) in [5.41, 5.74) is 1.21. The first-order valence-corrected chi connectivity index (χ1v) is 8.49. The van der Waals surface area contributed by atoms with Gasteiger partial charge in [0, 0.05) is 29.8 Å². The van der Waals surface area contributed by atoms with E-state index in [4.69, 9.17) is 4.74 Å². The molecule has 0 atom stereocenters. The van der Waals surface area contributed by atoms with E-state index in [1.807, 2.05) is 29.6 Å². The highest BCUT2D eigenvalue weighted by Gasteiger charge is 2.46. The smallest absolute Gasteiger partial charge is 0.315 e. The number of hydrogen-bond acceptors (Lipinski definition) is 5. The summed E-state index contributed by atoms with van der Waals surface area (Å²) < 4.78 is 29.7. The number of carbonyl (C=O) groups excluding carboxylic acids is 2. The summed E-state index contributed by atoms with van der Waals surface area (Å²) in [4.78, 5) is 31.2. The van der Waals surface area contributed by atoms with E-state index in [0.29, 0.717) is 12.2 Å². The zero-order valence-corrected chi connectivity index (χ0v) is 14.7. The van der Waals surface area contributed by atoms with Gasteiger partial charge in [-0.15, -0.1) is 0 Å². The Morgan fingerprint density at radius 1 is 1.22 bits per heavy atom. The molecule has 1 saturated carbocycles. The molecule has 1 amide bonds. The number of Topliss-reactive ketones (excluding diaryl/α,β-unsaturated/α-hetero) is 1. The van der Waals surface area contributed by atoms with Gasteiger partial charge in [-0.3, -0.25) is 9.59 Å². The van der Waals surface area contributed by atoms with Crippen molar-refractivity contribution in [3.63, 3.8) is 0 Å². The van der Waals surface area contributed by atoms with E-state index in [1.54, 1.807) is 7.11 Å². The normalized spacial score (nSPS) is 14.7. The van der Waals surface area contributed by atoms with Crippen LogP contribution in [0.15, 0.2) is 36.7 Å². The summed E-state index contributed by atoms with van der Waals surface area (Å²) in [6.07, 6.45) is 2.17. The van der Waals surface area contributed by atoms with Crippen molar-refractivity contribution in [2.24, 2.45) is 0 Å². The molecule has 1 heterocycles. The monoisotopic (exact) mass is 375 g/mol. The molecule has 0 aliphatic heterocycles. The molecule has 0 unspecified atom stereocenters. The van der Waals surface area contributed by atoms with Crippen LogP contribution in [0.1, 0.15) is 34.6 Å². The zero-order chi connectivity index (χ0) is 19.4. The lowest BCUT2D eigenvalue weighted by atomic mass is 9.91. The summed E-state index contributed by atoms with van der Waals surface area (Å²) in [6, 6.07) is 7.84. The second-order valence-corrected chi connectivity index (χ2v) is 6.49. The molecule has 1 aromatic heterocycles. The van der Waals surface area contributed by atoms with Crippen molar-refractivity contribution in [2.45, 2.75) is 31.1 Å². The second kappa shape index (κ2) is 7.77. The van der Waals surface area contributed by atoms with Crippen molar-refractivity contribution >= 4 is 11.7 Å². The van der Waals surface area contributed by atoms with E-state index in [2.05, 4.69) is 9.97 Å². The highest BCUT2D eigenvalue weighted by atomic mass is 19.3. The molecule has 0 bridgehead atoms. The van der Waals surface area contributed by atoms with Gasteiger partial charge in [0.1, 0.15) is 11.6 Å². The van der Waals surface area contributed by atoms with Crippen molar-refractivity contribution in [3.8, 4) is 5.75 Å². The molecule has 0 radical (unpaired) electrons. The molecule has 0 spiro atoms. The maximum Gasteiger partial charge on any atom is 0.315 e. The van der Waals surface area contributed by atoms with Crippen molar-refractivity contribution in [1.29, 1.82) is 0 Å². The minimum Gasteiger partial charge on any atom is -0.496 e. The topological polar surface area (TPSA) is 81.2 Å². The lowest BCUT2D eigenvalue weighted by molar-refractivity contribution is -0.131. The van der Waals surface area contributed by atoms with Crippen LogP contribution in [0.4, 0.5) is 8.78 Å². The highest BCUT2D eigenvalue weighted by Crippen LogP contribution is 2.52. The highest BCUT2D eigenvalue weighted by molar-refractivity contribution is 5.99. The van der Waals surface area contributed by atoms with Gasteiger partial charge < -0.3 is 10.1 Å². The van der Waals surface area contributed by atoms with Crippen LogP contribution in [0.2, 0.25) is 0 Å². The lowest BCUT2D eigenvalue weighted by Crippen LogP contribution is -2.34. The van der Waals surface area contributed by atoms with E-state index < -0.39 is 24.7 Å². The van der Waals surface area contributed by atoms with Gasteiger partial charge in [0.05, 0.1) is 19.2 Å². The molecule has 1 aliphatic carbocycles. The van der Waals surface area contributed by atoms with Crippen LogP contribution in [0, 0.1) is 0 Å². The predicted octanol–water partition coefficient (Wildman–Crippen LogP) is 2.32. The molecule has 27 heavy (non-hydrogen) atoms. The van der Waals surface area contributed by atoms with Gasteiger partial charge in [-0.2, -0.15) is 8.78 Å². The van der Waals surface area contributed by atoms with Gasteiger partial charge in [-0.05, 0) is 18.9 Å². The third-order valence-electron chi connectivity index (χ3n) is 4.68. The number of nitrogens with zero attached hydrogens (tertiary/aromatic N) is 2. The SMILES string of the molecule is COc1ccccc1C1(Cc2ncc(C(=O)CNC(=O)C(F)F)cn2)CC1. The number of methoxy groups -OCH3 is 1. The maximum atomic E-state index is 12.1. The molecule has 1 N–H and O–H groups in total. The molecule has 0 saturated heterocycles. The fourth-order valence-corrected chi connectivity index (χ4v) is 3.01. The van der Waals surface area contributed by atoms with Crippen molar-refractivity contribution in [3.05, 3.63) is 53.6 Å². The average molecular weight is 375 g/mol. The van der Waals surface area contributed by atoms with E-state index in [9.17, 15) is 18.4 Å². The summed E-state index contributed by atoms with van der Waals surface area (Å²) >= 11 is 0. The number of ether oxygens (including phenoxy) is 1. The van der Waals surface area contributed by atoms with Crippen LogP contribution < -0.4 is 10.1 Å². The number of ketones is 1. The number of carbonyl (C=O) groups is 2. The summed E-state index contributed by atoms with van der Waals surface area (Å²) in [6.45, 7) is -0.517. The number of halogens is 2. The van der Waals surface area contributed by atoms with E-state index in [0.717, 1.165) is 24.2 Å². The Balaban J connectivity index is 1.66. The molecule has 6 nitrogen and oxygen atoms in total. The van der Waals surface area contributed by atoms with E-state index in [-0.39, 0.29) is 11.0 Å². The molecule has 1 fully saturated rings. The Bertz CT molecular complexity index is 836. The second-order valence-electron chi connectivity index (χ2n) is 6.49. The Morgan fingerprint density at radius 3 is 2.48 bits per heavy atom. The third-order valence-corrected chi connectivity index (χ3v) is 4.68. The maximum absolute atomic E-state index is 12.1. The minimum atomic E-state index is -3.15. The van der Waals surface area contributed by atoms with Gasteiger partial charge in [-0.1, -0.05) is 18.2 Å². The first-order chi connectivity index (χ1) is 12.9. The lowest BCUT2D eigenvalue weighted by Gasteiger charge is -2.18. The van der Waals surface area contributed by atoms with Crippen LogP contribution in [0.3, 0.4) is 0 Å². The first-order valence-electron chi connectivity index (χ1n) is 8.49. The Morgan fingerprint density at radius 2 is 1.89 bits per heavy atom. The van der Waals surface area contributed by atoms with E-state index >= 15 is 0 Å². The Labute approximate surface area is 155 Å². The number of para-hydroxylation sites is 1. The van der Waals surface area contributed by atoms with E-state index in [1.165, 1.54) is 12.4 Å². The number of rotatable bonds is 8. The van der Waals surface area contributed by atoms with Gasteiger partial charge in [-0.25, -0.2) is 9.97 Å². The van der Waals surface area contributed by atoms with Gasteiger partial charge in [0.25, 0.3) is 5.91 Å².